The fourth-order valence-electron chi connectivity index (χ4n) is 3.01. The van der Waals surface area contributed by atoms with Crippen LogP contribution in [0, 0.1) is 0 Å². The Morgan fingerprint density at radius 1 is 1.39 bits per heavy atom. The highest BCUT2D eigenvalue weighted by atomic mass is 32.1. The average molecular weight is 339 g/mol. The summed E-state index contributed by atoms with van der Waals surface area (Å²) in [4.78, 5) is 26.6. The molecule has 0 aromatic carbocycles. The van der Waals surface area contributed by atoms with Crippen molar-refractivity contribution < 1.29 is 19.1 Å². The number of methoxy groups -OCH3 is 1. The Kier molecular flexibility index (Phi) is 5.34. The summed E-state index contributed by atoms with van der Waals surface area (Å²) in [5.41, 5.74) is -0.331. The summed E-state index contributed by atoms with van der Waals surface area (Å²) in [6.45, 7) is 6.00. The van der Waals surface area contributed by atoms with Gasteiger partial charge in [0.1, 0.15) is 11.1 Å². The monoisotopic (exact) mass is 339 g/mol. The minimum Gasteiger partial charge on any atom is -0.467 e. The molecule has 6 heteroatoms. The molecular formula is C17H25NO4S. The Bertz CT molecular complexity index is 549. The zero-order valence-corrected chi connectivity index (χ0v) is 15.1. The van der Waals surface area contributed by atoms with Gasteiger partial charge in [0, 0.05) is 6.54 Å². The molecule has 0 aliphatic carbocycles. The molecule has 1 amide bonds. The predicted molar refractivity (Wildman–Crippen MR) is 89.6 cm³/mol. The van der Waals surface area contributed by atoms with E-state index in [9.17, 15) is 9.59 Å². The second kappa shape index (κ2) is 6.91. The van der Waals surface area contributed by atoms with Crippen molar-refractivity contribution in [2.45, 2.75) is 57.6 Å². The van der Waals surface area contributed by atoms with Gasteiger partial charge in [0.05, 0.1) is 7.11 Å². The highest BCUT2D eigenvalue weighted by Crippen LogP contribution is 2.36. The van der Waals surface area contributed by atoms with Crippen LogP contribution in [0.2, 0.25) is 0 Å². The van der Waals surface area contributed by atoms with E-state index >= 15 is 0 Å². The largest absolute Gasteiger partial charge is 0.467 e. The van der Waals surface area contributed by atoms with Gasteiger partial charge in [-0.05, 0) is 68.8 Å². The Morgan fingerprint density at radius 2 is 2.13 bits per heavy atom. The van der Waals surface area contributed by atoms with Crippen molar-refractivity contribution in [2.75, 3.05) is 13.7 Å². The van der Waals surface area contributed by atoms with Crippen molar-refractivity contribution in [3.05, 3.63) is 22.4 Å². The predicted octanol–water partition coefficient (Wildman–Crippen LogP) is 3.62. The van der Waals surface area contributed by atoms with Crippen molar-refractivity contribution in [3.8, 4) is 0 Å². The molecule has 0 spiro atoms. The summed E-state index contributed by atoms with van der Waals surface area (Å²) >= 11 is 1.63. The van der Waals surface area contributed by atoms with Crippen LogP contribution in [-0.4, -0.2) is 41.8 Å². The van der Waals surface area contributed by atoms with Gasteiger partial charge in [-0.1, -0.05) is 0 Å². The molecule has 0 bridgehead atoms. The van der Waals surface area contributed by atoms with Gasteiger partial charge in [-0.25, -0.2) is 9.59 Å². The number of hydrogen-bond donors (Lipinski definition) is 0. The van der Waals surface area contributed by atoms with E-state index in [1.54, 1.807) is 16.2 Å². The van der Waals surface area contributed by atoms with Crippen LogP contribution in [0.3, 0.4) is 0 Å². The van der Waals surface area contributed by atoms with E-state index in [0.29, 0.717) is 19.4 Å². The highest BCUT2D eigenvalue weighted by molar-refractivity contribution is 7.07. The first-order valence-corrected chi connectivity index (χ1v) is 8.83. The quantitative estimate of drug-likeness (QED) is 0.786. The Morgan fingerprint density at radius 3 is 2.70 bits per heavy atom. The van der Waals surface area contributed by atoms with Crippen LogP contribution in [0.4, 0.5) is 4.79 Å². The molecular weight excluding hydrogens is 314 g/mol. The summed E-state index contributed by atoms with van der Waals surface area (Å²) in [5.74, 6) is -0.351. The lowest BCUT2D eigenvalue weighted by atomic mass is 9.89. The molecule has 1 aromatic rings. The van der Waals surface area contributed by atoms with Gasteiger partial charge in [0.25, 0.3) is 0 Å². The maximum Gasteiger partial charge on any atom is 0.411 e. The molecule has 1 aliphatic heterocycles. The highest BCUT2D eigenvalue weighted by Gasteiger charge is 2.51. The summed E-state index contributed by atoms with van der Waals surface area (Å²) in [5, 5.41) is 4.08. The molecule has 1 aromatic heterocycles. The first-order valence-electron chi connectivity index (χ1n) is 7.89. The number of thiophene rings is 1. The summed E-state index contributed by atoms with van der Waals surface area (Å²) in [7, 11) is 1.38. The van der Waals surface area contributed by atoms with E-state index in [-0.39, 0.29) is 5.97 Å². The van der Waals surface area contributed by atoms with Gasteiger partial charge in [-0.3, -0.25) is 4.90 Å². The molecule has 0 saturated carbocycles. The van der Waals surface area contributed by atoms with Gasteiger partial charge >= 0.3 is 12.1 Å². The van der Waals surface area contributed by atoms with E-state index < -0.39 is 17.2 Å². The first kappa shape index (κ1) is 17.8. The smallest absolute Gasteiger partial charge is 0.411 e. The molecule has 2 rings (SSSR count). The Hall–Kier alpha value is -1.56. The number of likely N-dealkylation sites (tertiary alicyclic amines) is 1. The third-order valence-corrected chi connectivity index (χ3v) is 4.81. The van der Waals surface area contributed by atoms with E-state index in [4.69, 9.17) is 9.47 Å². The molecule has 1 unspecified atom stereocenters. The van der Waals surface area contributed by atoms with Crippen molar-refractivity contribution in [2.24, 2.45) is 0 Å². The lowest BCUT2D eigenvalue weighted by Gasteiger charge is -2.36. The molecule has 0 N–H and O–H groups in total. The fourth-order valence-corrected chi connectivity index (χ4v) is 3.72. The van der Waals surface area contributed by atoms with E-state index in [1.165, 1.54) is 12.7 Å². The molecule has 2 heterocycles. The molecule has 1 aliphatic rings. The number of esters is 1. The lowest BCUT2D eigenvalue weighted by molar-refractivity contribution is -0.153. The van der Waals surface area contributed by atoms with Crippen LogP contribution >= 0.6 is 11.3 Å². The van der Waals surface area contributed by atoms with Crippen LogP contribution in [0.1, 0.15) is 45.6 Å². The van der Waals surface area contributed by atoms with E-state index in [0.717, 1.165) is 12.8 Å². The van der Waals surface area contributed by atoms with Crippen LogP contribution in [0.5, 0.6) is 0 Å². The molecule has 1 fully saturated rings. The van der Waals surface area contributed by atoms with Crippen LogP contribution in [0.25, 0.3) is 0 Å². The zero-order chi connectivity index (χ0) is 17.1. The van der Waals surface area contributed by atoms with Crippen molar-refractivity contribution >= 4 is 23.4 Å². The van der Waals surface area contributed by atoms with Gasteiger partial charge in [-0.2, -0.15) is 11.3 Å². The van der Waals surface area contributed by atoms with Gasteiger partial charge < -0.3 is 9.47 Å². The SMILES string of the molecule is COC(=O)C1(CCc2ccsc2)CCCN1C(=O)OC(C)(C)C. The summed E-state index contributed by atoms with van der Waals surface area (Å²) in [6.07, 6.45) is 2.24. The minimum absolute atomic E-state index is 0.351. The molecule has 0 radical (unpaired) electrons. The molecule has 1 saturated heterocycles. The Balaban J connectivity index is 2.21. The minimum atomic E-state index is -0.918. The number of hydrogen-bond acceptors (Lipinski definition) is 5. The maximum atomic E-state index is 12.6. The standard InChI is InChI=1S/C17H25NO4S/c1-16(2,3)22-15(20)18-10-5-8-17(18,14(19)21-4)9-6-13-7-11-23-12-13/h7,11-12H,5-6,8-10H2,1-4H3. The first-order chi connectivity index (χ1) is 10.8. The van der Waals surface area contributed by atoms with Crippen molar-refractivity contribution in [1.29, 1.82) is 0 Å². The third-order valence-electron chi connectivity index (χ3n) is 4.08. The maximum absolute atomic E-state index is 12.6. The number of ether oxygens (including phenoxy) is 2. The number of amides is 1. The molecule has 23 heavy (non-hydrogen) atoms. The molecule has 5 nitrogen and oxygen atoms in total. The second-order valence-corrected chi connectivity index (χ2v) is 7.67. The summed E-state index contributed by atoms with van der Waals surface area (Å²) < 4.78 is 10.5. The molecule has 1 atom stereocenters. The third kappa shape index (κ3) is 4.05. The molecule has 128 valence electrons. The van der Waals surface area contributed by atoms with Gasteiger partial charge in [-0.15, -0.1) is 0 Å². The van der Waals surface area contributed by atoms with Crippen molar-refractivity contribution in [3.63, 3.8) is 0 Å². The number of aryl methyl sites for hydroxylation is 1. The van der Waals surface area contributed by atoms with Crippen LogP contribution < -0.4 is 0 Å². The van der Waals surface area contributed by atoms with Gasteiger partial charge in [0.2, 0.25) is 0 Å². The second-order valence-electron chi connectivity index (χ2n) is 6.89. The summed E-state index contributed by atoms with van der Waals surface area (Å²) in [6, 6.07) is 2.04. The van der Waals surface area contributed by atoms with Crippen LogP contribution in [0.15, 0.2) is 16.8 Å². The van der Waals surface area contributed by atoms with E-state index in [2.05, 4.69) is 5.38 Å². The van der Waals surface area contributed by atoms with Gasteiger partial charge in [0.15, 0.2) is 0 Å². The van der Waals surface area contributed by atoms with Crippen LogP contribution in [-0.2, 0) is 20.7 Å². The van der Waals surface area contributed by atoms with Crippen molar-refractivity contribution in [1.82, 2.24) is 4.90 Å². The average Bonchev–Trinajstić information content (AvgIpc) is 3.12. The number of carbonyl (C=O) groups excluding carboxylic acids is 2. The fraction of sp³-hybridized carbons (Fsp3) is 0.647. The zero-order valence-electron chi connectivity index (χ0n) is 14.3. The number of rotatable bonds is 4. The topological polar surface area (TPSA) is 55.8 Å². The van der Waals surface area contributed by atoms with E-state index in [1.807, 2.05) is 32.2 Å². The number of nitrogens with zero attached hydrogens (tertiary/aromatic N) is 1. The number of carbonyl (C=O) groups is 2. The normalized spacial score (nSPS) is 21.3. The Labute approximate surface area is 141 Å². The lowest BCUT2D eigenvalue weighted by Crippen LogP contribution is -2.55.